The molecule has 0 spiro atoms. The van der Waals surface area contributed by atoms with Gasteiger partial charge in [-0.25, -0.2) is 8.42 Å². The van der Waals surface area contributed by atoms with E-state index in [2.05, 4.69) is 12.2 Å². The maximum atomic E-state index is 10.9. The van der Waals surface area contributed by atoms with Crippen molar-refractivity contribution in [2.45, 2.75) is 51.5 Å². The van der Waals surface area contributed by atoms with Crippen LogP contribution in [-0.2, 0) is 9.84 Å². The maximum absolute atomic E-state index is 10.9. The summed E-state index contributed by atoms with van der Waals surface area (Å²) >= 11 is 0. The van der Waals surface area contributed by atoms with Crippen molar-refractivity contribution >= 4 is 9.84 Å². The van der Waals surface area contributed by atoms with Crippen molar-refractivity contribution in [3.8, 4) is 0 Å². The summed E-state index contributed by atoms with van der Waals surface area (Å²) in [6.45, 7) is 2.74. The van der Waals surface area contributed by atoms with Gasteiger partial charge >= 0.3 is 0 Å². The fourth-order valence-electron chi connectivity index (χ4n) is 2.38. The van der Waals surface area contributed by atoms with Gasteiger partial charge in [-0.2, -0.15) is 0 Å². The zero-order chi connectivity index (χ0) is 12.0. The minimum atomic E-state index is -2.81. The van der Waals surface area contributed by atoms with Crippen LogP contribution in [0.25, 0.3) is 0 Å². The molecule has 1 aliphatic carbocycles. The van der Waals surface area contributed by atoms with Gasteiger partial charge in [-0.05, 0) is 25.7 Å². The van der Waals surface area contributed by atoms with E-state index in [1.165, 1.54) is 44.8 Å². The monoisotopic (exact) mass is 247 g/mol. The Morgan fingerprint density at radius 2 is 1.94 bits per heavy atom. The summed E-state index contributed by atoms with van der Waals surface area (Å²) in [5.41, 5.74) is 0. The lowest BCUT2D eigenvalue weighted by Gasteiger charge is -2.15. The van der Waals surface area contributed by atoms with E-state index < -0.39 is 9.84 Å². The minimum absolute atomic E-state index is 0.251. The summed E-state index contributed by atoms with van der Waals surface area (Å²) in [4.78, 5) is 0. The molecule has 0 aromatic rings. The zero-order valence-corrected chi connectivity index (χ0v) is 11.4. The molecule has 0 radical (unpaired) electrons. The van der Waals surface area contributed by atoms with Crippen molar-refractivity contribution in [1.82, 2.24) is 5.32 Å². The van der Waals surface area contributed by atoms with Crippen LogP contribution in [0.4, 0.5) is 0 Å². The molecule has 1 aliphatic rings. The highest BCUT2D eigenvalue weighted by Crippen LogP contribution is 2.28. The van der Waals surface area contributed by atoms with Gasteiger partial charge in [0.15, 0.2) is 0 Å². The molecule has 16 heavy (non-hydrogen) atoms. The SMILES string of the molecule is CC(CCC1CCCC1)NCCS(C)(=O)=O. The molecule has 0 bridgehead atoms. The zero-order valence-electron chi connectivity index (χ0n) is 10.5. The van der Waals surface area contributed by atoms with Crippen LogP contribution in [-0.4, -0.2) is 33.0 Å². The first-order chi connectivity index (χ1) is 7.47. The van der Waals surface area contributed by atoms with Crippen LogP contribution in [0.5, 0.6) is 0 Å². The first-order valence-electron chi connectivity index (χ1n) is 6.38. The predicted octanol–water partition coefficient (Wildman–Crippen LogP) is 1.98. The number of nitrogens with one attached hydrogen (secondary N) is 1. The van der Waals surface area contributed by atoms with Gasteiger partial charge in [0.05, 0.1) is 5.75 Å². The third-order valence-electron chi connectivity index (χ3n) is 3.45. The van der Waals surface area contributed by atoms with Crippen LogP contribution in [0.3, 0.4) is 0 Å². The normalized spacial score (nSPS) is 20.1. The molecule has 0 heterocycles. The number of hydrogen-bond donors (Lipinski definition) is 1. The average Bonchev–Trinajstić information content (AvgIpc) is 2.65. The lowest BCUT2D eigenvalue weighted by molar-refractivity contribution is 0.425. The summed E-state index contributed by atoms with van der Waals surface area (Å²) in [6, 6.07) is 0.447. The summed E-state index contributed by atoms with van der Waals surface area (Å²) in [5, 5.41) is 3.28. The van der Waals surface area contributed by atoms with E-state index >= 15 is 0 Å². The molecule has 0 saturated heterocycles. The van der Waals surface area contributed by atoms with Gasteiger partial charge in [0.2, 0.25) is 0 Å². The highest BCUT2D eigenvalue weighted by molar-refractivity contribution is 7.90. The fourth-order valence-corrected chi connectivity index (χ4v) is 2.87. The van der Waals surface area contributed by atoms with Crippen molar-refractivity contribution in [1.29, 1.82) is 0 Å². The molecule has 0 aliphatic heterocycles. The molecular weight excluding hydrogens is 222 g/mol. The van der Waals surface area contributed by atoms with Crippen LogP contribution < -0.4 is 5.32 Å². The molecular formula is C12H25NO2S. The molecule has 0 amide bonds. The van der Waals surface area contributed by atoms with E-state index in [1.807, 2.05) is 0 Å². The topological polar surface area (TPSA) is 46.2 Å². The highest BCUT2D eigenvalue weighted by atomic mass is 32.2. The van der Waals surface area contributed by atoms with E-state index in [4.69, 9.17) is 0 Å². The van der Waals surface area contributed by atoms with Gasteiger partial charge in [0, 0.05) is 18.8 Å². The van der Waals surface area contributed by atoms with Crippen molar-refractivity contribution in [2.75, 3.05) is 18.6 Å². The lowest BCUT2D eigenvalue weighted by Crippen LogP contribution is -2.31. The van der Waals surface area contributed by atoms with Gasteiger partial charge < -0.3 is 5.32 Å². The van der Waals surface area contributed by atoms with Crippen molar-refractivity contribution in [3.05, 3.63) is 0 Å². The lowest BCUT2D eigenvalue weighted by atomic mass is 9.99. The number of sulfone groups is 1. The smallest absolute Gasteiger partial charge is 0.148 e. The third kappa shape index (κ3) is 6.48. The Hall–Kier alpha value is -0.0900. The summed E-state index contributed by atoms with van der Waals surface area (Å²) < 4.78 is 21.9. The summed E-state index contributed by atoms with van der Waals surface area (Å²) in [7, 11) is -2.81. The van der Waals surface area contributed by atoms with Gasteiger partial charge in [0.25, 0.3) is 0 Å². The van der Waals surface area contributed by atoms with Crippen molar-refractivity contribution in [3.63, 3.8) is 0 Å². The molecule has 3 nitrogen and oxygen atoms in total. The minimum Gasteiger partial charge on any atom is -0.313 e. The Morgan fingerprint density at radius 1 is 1.31 bits per heavy atom. The first kappa shape index (κ1) is 14.0. The van der Waals surface area contributed by atoms with Crippen LogP contribution in [0, 0.1) is 5.92 Å². The second-order valence-electron chi connectivity index (χ2n) is 5.21. The summed E-state index contributed by atoms with van der Waals surface area (Å²) in [5.74, 6) is 1.18. The van der Waals surface area contributed by atoms with Crippen LogP contribution in [0.2, 0.25) is 0 Å². The third-order valence-corrected chi connectivity index (χ3v) is 4.39. The van der Waals surface area contributed by atoms with E-state index in [1.54, 1.807) is 0 Å². The van der Waals surface area contributed by atoms with Crippen LogP contribution in [0.1, 0.15) is 45.4 Å². The van der Waals surface area contributed by atoms with Crippen molar-refractivity contribution < 1.29 is 8.42 Å². The first-order valence-corrected chi connectivity index (χ1v) is 8.44. The largest absolute Gasteiger partial charge is 0.313 e. The van der Waals surface area contributed by atoms with E-state index in [0.717, 1.165) is 5.92 Å². The fraction of sp³-hybridized carbons (Fsp3) is 1.00. The molecule has 1 rings (SSSR count). The molecule has 1 N–H and O–H groups in total. The number of rotatable bonds is 7. The molecule has 96 valence electrons. The quantitative estimate of drug-likeness (QED) is 0.748. The highest BCUT2D eigenvalue weighted by Gasteiger charge is 2.15. The van der Waals surface area contributed by atoms with Crippen LogP contribution in [0.15, 0.2) is 0 Å². The number of hydrogen-bond acceptors (Lipinski definition) is 3. The predicted molar refractivity (Wildman–Crippen MR) is 68.4 cm³/mol. The molecule has 0 aromatic heterocycles. The Bertz CT molecular complexity index is 281. The molecule has 0 aromatic carbocycles. The second-order valence-corrected chi connectivity index (χ2v) is 7.47. The van der Waals surface area contributed by atoms with Gasteiger partial charge in [-0.3, -0.25) is 0 Å². The van der Waals surface area contributed by atoms with Crippen molar-refractivity contribution in [2.24, 2.45) is 5.92 Å². The van der Waals surface area contributed by atoms with Gasteiger partial charge in [-0.15, -0.1) is 0 Å². The van der Waals surface area contributed by atoms with E-state index in [0.29, 0.717) is 12.6 Å². The van der Waals surface area contributed by atoms with E-state index in [9.17, 15) is 8.42 Å². The standard InChI is InChI=1S/C12H25NO2S/c1-11(13-9-10-16(2,14)15)7-8-12-5-3-4-6-12/h11-13H,3-10H2,1-2H3. The maximum Gasteiger partial charge on any atom is 0.148 e. The molecule has 1 saturated carbocycles. The van der Waals surface area contributed by atoms with E-state index in [-0.39, 0.29) is 5.75 Å². The Morgan fingerprint density at radius 3 is 2.50 bits per heavy atom. The second kappa shape index (κ2) is 6.60. The molecule has 1 atom stereocenters. The van der Waals surface area contributed by atoms with Gasteiger partial charge in [0.1, 0.15) is 9.84 Å². The molecule has 1 unspecified atom stereocenters. The average molecular weight is 247 g/mol. The Labute approximate surface area is 99.9 Å². The molecule has 1 fully saturated rings. The molecule has 4 heteroatoms. The van der Waals surface area contributed by atoms with Crippen LogP contribution >= 0.6 is 0 Å². The Balaban J connectivity index is 2.04. The van der Waals surface area contributed by atoms with Gasteiger partial charge in [-0.1, -0.05) is 25.7 Å². The summed E-state index contributed by atoms with van der Waals surface area (Å²) in [6.07, 6.45) is 9.37. The Kier molecular flexibility index (Phi) is 5.76.